The lowest BCUT2D eigenvalue weighted by molar-refractivity contribution is -0.0188. The summed E-state index contributed by atoms with van der Waals surface area (Å²) < 4.78 is 61.3. The lowest BCUT2D eigenvalue weighted by atomic mass is 10.1. The minimum absolute atomic E-state index is 0.154. The molecule has 0 aromatic heterocycles. The number of rotatable bonds is 2. The molecule has 1 aliphatic rings. The number of fused-ring (bicyclic) bond motifs is 1. The summed E-state index contributed by atoms with van der Waals surface area (Å²) in [5.74, 6) is -4.11. The van der Waals surface area contributed by atoms with E-state index in [1.807, 2.05) is 0 Å². The molecule has 0 saturated heterocycles. The van der Waals surface area contributed by atoms with Gasteiger partial charge in [0.05, 0.1) is 5.02 Å². The molecule has 2 atom stereocenters. The van der Waals surface area contributed by atoms with E-state index in [0.717, 1.165) is 6.07 Å². The monoisotopic (exact) mass is 285 g/mol. The van der Waals surface area contributed by atoms with E-state index < -0.39 is 40.5 Å². The Morgan fingerprint density at radius 2 is 2.18 bits per heavy atom. The van der Waals surface area contributed by atoms with Crippen molar-refractivity contribution in [2.24, 2.45) is 0 Å². The Bertz CT molecular complexity index is 497. The third kappa shape index (κ3) is 2.20. The summed E-state index contributed by atoms with van der Waals surface area (Å²) in [6.45, 7) is 0. The minimum Gasteiger partial charge on any atom is -0.294 e. The third-order valence-electron chi connectivity index (χ3n) is 2.58. The van der Waals surface area contributed by atoms with Crippen LogP contribution in [0.25, 0.3) is 0 Å². The van der Waals surface area contributed by atoms with Crippen LogP contribution in [-0.2, 0) is 17.7 Å². The first-order valence-corrected chi connectivity index (χ1v) is 6.03. The van der Waals surface area contributed by atoms with Crippen molar-refractivity contribution in [1.82, 2.24) is 4.72 Å². The van der Waals surface area contributed by atoms with E-state index in [0.29, 0.717) is 0 Å². The Morgan fingerprint density at radius 1 is 1.53 bits per heavy atom. The van der Waals surface area contributed by atoms with Gasteiger partial charge in [0, 0.05) is 12.0 Å². The molecule has 0 radical (unpaired) electrons. The van der Waals surface area contributed by atoms with Crippen molar-refractivity contribution in [3.05, 3.63) is 34.1 Å². The second-order valence-electron chi connectivity index (χ2n) is 3.67. The predicted octanol–water partition coefficient (Wildman–Crippen LogP) is 2.44. The molecule has 0 saturated carbocycles. The Morgan fingerprint density at radius 3 is 2.76 bits per heavy atom. The van der Waals surface area contributed by atoms with Crippen LogP contribution in [-0.4, -0.2) is 14.7 Å². The maximum atomic E-state index is 13.6. The Balaban J connectivity index is 2.53. The maximum absolute atomic E-state index is 13.6. The fourth-order valence-electron chi connectivity index (χ4n) is 1.89. The quantitative estimate of drug-likeness (QED) is 0.820. The average Bonchev–Trinajstić information content (AvgIpc) is 2.45. The van der Waals surface area contributed by atoms with Crippen LogP contribution in [0.3, 0.4) is 0 Å². The van der Waals surface area contributed by atoms with Gasteiger partial charge >= 0.3 is 0 Å². The van der Waals surface area contributed by atoms with Crippen LogP contribution < -0.4 is 4.72 Å². The summed E-state index contributed by atoms with van der Waals surface area (Å²) in [5.41, 5.74) is 0.0171. The normalized spacial score (nSPS) is 23.5. The third-order valence-corrected chi connectivity index (χ3v) is 3.40. The van der Waals surface area contributed by atoms with Gasteiger partial charge in [-0.1, -0.05) is 17.7 Å². The molecule has 0 amide bonds. The Hall–Kier alpha value is -0.630. The number of hydrogen-bond acceptors (Lipinski definition) is 1. The number of benzene rings is 1. The number of hydrogen-bond donors (Lipinski definition) is 2. The molecule has 1 aromatic carbocycles. The zero-order valence-corrected chi connectivity index (χ0v) is 9.79. The molecule has 1 aliphatic carbocycles. The summed E-state index contributed by atoms with van der Waals surface area (Å²) in [4.78, 5) is 0. The molecule has 1 unspecified atom stereocenters. The fourth-order valence-corrected chi connectivity index (χ4v) is 2.67. The molecule has 0 fully saturated rings. The van der Waals surface area contributed by atoms with Crippen LogP contribution in [0.2, 0.25) is 5.02 Å². The minimum atomic E-state index is -3.28. The Kier molecular flexibility index (Phi) is 3.19. The van der Waals surface area contributed by atoms with Crippen molar-refractivity contribution in [2.75, 3.05) is 0 Å². The van der Waals surface area contributed by atoms with E-state index in [1.54, 1.807) is 4.72 Å². The molecule has 1 aromatic rings. The lowest BCUT2D eigenvalue weighted by Gasteiger charge is -2.19. The van der Waals surface area contributed by atoms with Gasteiger partial charge in [0.2, 0.25) is 11.3 Å². The predicted molar refractivity (Wildman–Crippen MR) is 56.7 cm³/mol. The first-order valence-electron chi connectivity index (χ1n) is 4.54. The van der Waals surface area contributed by atoms with Crippen LogP contribution in [0.1, 0.15) is 17.2 Å². The highest BCUT2D eigenvalue weighted by Crippen LogP contribution is 2.46. The molecule has 94 valence electrons. The first kappa shape index (κ1) is 12.8. The summed E-state index contributed by atoms with van der Waals surface area (Å²) >= 11 is 2.98. The molecule has 8 heteroatoms. The van der Waals surface area contributed by atoms with Gasteiger partial charge in [0.25, 0.3) is 5.92 Å². The second kappa shape index (κ2) is 4.24. The van der Waals surface area contributed by atoms with E-state index in [4.69, 9.17) is 16.2 Å². The van der Waals surface area contributed by atoms with Crippen LogP contribution >= 0.6 is 11.6 Å². The van der Waals surface area contributed by atoms with Crippen molar-refractivity contribution in [3.8, 4) is 0 Å². The zero-order valence-electron chi connectivity index (χ0n) is 8.21. The van der Waals surface area contributed by atoms with E-state index in [-0.39, 0.29) is 11.1 Å². The molecule has 2 N–H and O–H groups in total. The molecule has 0 bridgehead atoms. The molecule has 0 aliphatic heterocycles. The SMILES string of the molecule is O=S(O)N[C@H]1c2c(ccc(F)c2Cl)CC1(F)F. The highest BCUT2D eigenvalue weighted by Gasteiger charge is 2.49. The fraction of sp³-hybridized carbons (Fsp3) is 0.333. The van der Waals surface area contributed by atoms with E-state index in [1.165, 1.54) is 6.07 Å². The van der Waals surface area contributed by atoms with Crippen molar-refractivity contribution >= 4 is 22.9 Å². The van der Waals surface area contributed by atoms with Gasteiger partial charge in [-0.2, -0.15) is 0 Å². The molecular weight excluding hydrogens is 279 g/mol. The van der Waals surface area contributed by atoms with Gasteiger partial charge < -0.3 is 0 Å². The highest BCUT2D eigenvalue weighted by molar-refractivity contribution is 7.77. The highest BCUT2D eigenvalue weighted by atomic mass is 35.5. The number of alkyl halides is 2. The van der Waals surface area contributed by atoms with Crippen molar-refractivity contribution in [3.63, 3.8) is 0 Å². The molecule has 3 nitrogen and oxygen atoms in total. The van der Waals surface area contributed by atoms with Crippen molar-refractivity contribution in [1.29, 1.82) is 0 Å². The van der Waals surface area contributed by atoms with Crippen molar-refractivity contribution in [2.45, 2.75) is 18.4 Å². The van der Waals surface area contributed by atoms with Crippen LogP contribution in [0, 0.1) is 5.82 Å². The summed E-state index contributed by atoms with van der Waals surface area (Å²) in [6, 6.07) is 0.439. The van der Waals surface area contributed by atoms with Crippen LogP contribution in [0.15, 0.2) is 12.1 Å². The largest absolute Gasteiger partial charge is 0.294 e. The number of nitrogens with one attached hydrogen (secondary N) is 1. The van der Waals surface area contributed by atoms with Gasteiger partial charge in [-0.15, -0.1) is 0 Å². The smallest absolute Gasteiger partial charge is 0.272 e. The maximum Gasteiger partial charge on any atom is 0.272 e. The Labute approximate surface area is 102 Å². The number of halogens is 4. The first-order chi connectivity index (χ1) is 7.83. The van der Waals surface area contributed by atoms with Gasteiger partial charge in [0.15, 0.2) is 0 Å². The summed E-state index contributed by atoms with van der Waals surface area (Å²) in [6.07, 6.45) is -0.642. The van der Waals surface area contributed by atoms with E-state index in [2.05, 4.69) is 0 Å². The van der Waals surface area contributed by atoms with Crippen LogP contribution in [0.5, 0.6) is 0 Å². The van der Waals surface area contributed by atoms with Gasteiger partial charge in [-0.25, -0.2) is 22.1 Å². The summed E-state index contributed by atoms with van der Waals surface area (Å²) in [7, 11) is 0. The molecule has 2 rings (SSSR count). The van der Waals surface area contributed by atoms with Crippen LogP contribution in [0.4, 0.5) is 13.2 Å². The molecule has 17 heavy (non-hydrogen) atoms. The lowest BCUT2D eigenvalue weighted by Crippen LogP contribution is -2.35. The van der Waals surface area contributed by atoms with Gasteiger partial charge in [0.1, 0.15) is 11.9 Å². The molecular formula is C9H7ClF3NO2S. The summed E-state index contributed by atoms with van der Waals surface area (Å²) in [5, 5.41) is -0.442. The van der Waals surface area contributed by atoms with E-state index >= 15 is 0 Å². The topological polar surface area (TPSA) is 49.3 Å². The van der Waals surface area contributed by atoms with E-state index in [9.17, 15) is 17.4 Å². The molecule has 0 heterocycles. The van der Waals surface area contributed by atoms with Gasteiger partial charge in [-0.05, 0) is 11.6 Å². The molecule has 0 spiro atoms. The van der Waals surface area contributed by atoms with Gasteiger partial charge in [-0.3, -0.25) is 4.55 Å². The average molecular weight is 286 g/mol. The standard InChI is InChI=1S/C9H7ClF3NO2S/c10-7-5(11)2-1-4-3-9(12,13)8(6(4)7)14-17(15)16/h1-2,8,14H,3H2,(H,15,16)/t8-/m0/s1. The van der Waals surface area contributed by atoms with Crippen molar-refractivity contribution < 1.29 is 21.9 Å². The zero-order chi connectivity index (χ0) is 12.8. The second-order valence-corrected chi connectivity index (χ2v) is 4.78.